The lowest BCUT2D eigenvalue weighted by Gasteiger charge is -2.13. The topological polar surface area (TPSA) is 96.5 Å². The SMILES string of the molecule is CCCCCCOc1ccc(Br)cc1C(=O)NNC(=O)CCC(=O)Nc1ccc(C)c(C)c1. The van der Waals surface area contributed by atoms with Crippen LogP contribution >= 0.6 is 15.9 Å². The van der Waals surface area contributed by atoms with E-state index in [0.717, 1.165) is 41.3 Å². The Morgan fingerprint density at radius 3 is 2.36 bits per heavy atom. The maximum Gasteiger partial charge on any atom is 0.273 e. The van der Waals surface area contributed by atoms with Gasteiger partial charge in [-0.3, -0.25) is 25.2 Å². The van der Waals surface area contributed by atoms with Gasteiger partial charge in [-0.1, -0.05) is 48.2 Å². The highest BCUT2D eigenvalue weighted by Crippen LogP contribution is 2.23. The van der Waals surface area contributed by atoms with Crippen molar-refractivity contribution in [3.8, 4) is 5.75 Å². The number of unbranched alkanes of at least 4 members (excludes halogenated alkanes) is 3. The van der Waals surface area contributed by atoms with Gasteiger partial charge in [0.1, 0.15) is 5.75 Å². The van der Waals surface area contributed by atoms with Gasteiger partial charge in [0.05, 0.1) is 12.2 Å². The van der Waals surface area contributed by atoms with Crippen LogP contribution in [-0.4, -0.2) is 24.3 Å². The molecule has 0 aliphatic rings. The number of ether oxygens (including phenoxy) is 1. The fourth-order valence-electron chi connectivity index (χ4n) is 3.04. The monoisotopic (exact) mass is 517 g/mol. The van der Waals surface area contributed by atoms with Crippen LogP contribution in [0.4, 0.5) is 5.69 Å². The van der Waals surface area contributed by atoms with E-state index in [2.05, 4.69) is 39.0 Å². The predicted molar refractivity (Wildman–Crippen MR) is 133 cm³/mol. The molecule has 0 fully saturated rings. The minimum Gasteiger partial charge on any atom is -0.493 e. The number of hydrogen-bond donors (Lipinski definition) is 3. The number of rotatable bonds is 11. The lowest BCUT2D eigenvalue weighted by molar-refractivity contribution is -0.124. The van der Waals surface area contributed by atoms with E-state index in [1.165, 1.54) is 0 Å². The van der Waals surface area contributed by atoms with Crippen LogP contribution in [0.15, 0.2) is 40.9 Å². The summed E-state index contributed by atoms with van der Waals surface area (Å²) in [5.41, 5.74) is 7.96. The van der Waals surface area contributed by atoms with Gasteiger partial charge in [0.25, 0.3) is 5.91 Å². The average molecular weight is 518 g/mol. The first kappa shape index (κ1) is 26.4. The first-order valence-corrected chi connectivity index (χ1v) is 12.0. The third kappa shape index (κ3) is 9.26. The summed E-state index contributed by atoms with van der Waals surface area (Å²) < 4.78 is 6.49. The molecule has 2 aromatic carbocycles. The molecule has 3 amide bonds. The van der Waals surface area contributed by atoms with Crippen LogP contribution < -0.4 is 20.9 Å². The summed E-state index contributed by atoms with van der Waals surface area (Å²) in [6.45, 7) is 6.62. The zero-order chi connectivity index (χ0) is 24.2. The van der Waals surface area contributed by atoms with Gasteiger partial charge >= 0.3 is 0 Å². The molecule has 0 saturated heterocycles. The zero-order valence-electron chi connectivity index (χ0n) is 19.4. The Balaban J connectivity index is 1.80. The van der Waals surface area contributed by atoms with Crippen molar-refractivity contribution in [2.24, 2.45) is 0 Å². The van der Waals surface area contributed by atoms with Crippen LogP contribution in [0.2, 0.25) is 0 Å². The van der Waals surface area contributed by atoms with Gasteiger partial charge in [-0.2, -0.15) is 0 Å². The van der Waals surface area contributed by atoms with Crippen molar-refractivity contribution in [3.05, 3.63) is 57.6 Å². The molecular weight excluding hydrogens is 486 g/mol. The highest BCUT2D eigenvalue weighted by Gasteiger charge is 2.15. The van der Waals surface area contributed by atoms with Crippen molar-refractivity contribution in [2.45, 2.75) is 59.3 Å². The van der Waals surface area contributed by atoms with Gasteiger partial charge in [0.2, 0.25) is 11.8 Å². The normalized spacial score (nSPS) is 10.4. The van der Waals surface area contributed by atoms with Crippen LogP contribution in [-0.2, 0) is 9.59 Å². The van der Waals surface area contributed by atoms with Gasteiger partial charge in [0, 0.05) is 23.0 Å². The number of benzene rings is 2. The quantitative estimate of drug-likeness (QED) is 0.281. The van der Waals surface area contributed by atoms with Crippen molar-refractivity contribution in [1.29, 1.82) is 0 Å². The molecule has 3 N–H and O–H groups in total. The lowest BCUT2D eigenvalue weighted by atomic mass is 10.1. The Kier molecular flexibility index (Phi) is 10.9. The number of nitrogens with one attached hydrogen (secondary N) is 3. The van der Waals surface area contributed by atoms with E-state index in [0.29, 0.717) is 23.6 Å². The number of carbonyl (C=O) groups excluding carboxylic acids is 3. The fraction of sp³-hybridized carbons (Fsp3) is 0.400. The number of hydrogen-bond acceptors (Lipinski definition) is 4. The largest absolute Gasteiger partial charge is 0.493 e. The van der Waals surface area contributed by atoms with Crippen molar-refractivity contribution < 1.29 is 19.1 Å². The van der Waals surface area contributed by atoms with Gasteiger partial charge in [-0.05, 0) is 61.7 Å². The zero-order valence-corrected chi connectivity index (χ0v) is 21.0. The minimum atomic E-state index is -0.493. The molecule has 0 heterocycles. The average Bonchev–Trinajstić information content (AvgIpc) is 2.79. The number of amides is 3. The summed E-state index contributed by atoms with van der Waals surface area (Å²) in [5.74, 6) is -0.775. The van der Waals surface area contributed by atoms with Crippen LogP contribution in [0, 0.1) is 13.8 Å². The van der Waals surface area contributed by atoms with E-state index >= 15 is 0 Å². The van der Waals surface area contributed by atoms with Crippen molar-refractivity contribution in [3.63, 3.8) is 0 Å². The van der Waals surface area contributed by atoms with Crippen LogP contribution in [0.1, 0.15) is 66.9 Å². The van der Waals surface area contributed by atoms with Crippen LogP contribution in [0.3, 0.4) is 0 Å². The molecule has 0 aromatic heterocycles. The molecule has 2 aromatic rings. The Morgan fingerprint density at radius 2 is 1.64 bits per heavy atom. The summed E-state index contributed by atoms with van der Waals surface area (Å²) >= 11 is 3.36. The van der Waals surface area contributed by atoms with Crippen molar-refractivity contribution in [1.82, 2.24) is 10.9 Å². The maximum absolute atomic E-state index is 12.6. The molecule has 0 unspecified atom stereocenters. The standard InChI is InChI=1S/C25H32BrN3O4/c1-4-5-6-7-14-33-22-11-9-19(26)16-21(22)25(32)29-28-24(31)13-12-23(30)27-20-10-8-17(2)18(3)15-20/h8-11,15-16H,4-7,12-14H2,1-3H3,(H,27,30)(H,28,31)(H,29,32). The molecule has 2 rings (SSSR count). The summed E-state index contributed by atoms with van der Waals surface area (Å²) in [6.07, 6.45) is 4.20. The molecule has 0 bridgehead atoms. The maximum atomic E-state index is 12.6. The Labute approximate surface area is 203 Å². The van der Waals surface area contributed by atoms with Gasteiger partial charge < -0.3 is 10.1 Å². The van der Waals surface area contributed by atoms with E-state index in [-0.39, 0.29) is 18.7 Å². The molecule has 0 aliphatic heterocycles. The van der Waals surface area contributed by atoms with Crippen molar-refractivity contribution in [2.75, 3.05) is 11.9 Å². The van der Waals surface area contributed by atoms with E-state index in [1.807, 2.05) is 32.0 Å². The van der Waals surface area contributed by atoms with Crippen LogP contribution in [0.5, 0.6) is 5.75 Å². The third-order valence-electron chi connectivity index (χ3n) is 5.13. The molecule has 0 spiro atoms. The summed E-state index contributed by atoms with van der Waals surface area (Å²) in [6, 6.07) is 10.8. The van der Waals surface area contributed by atoms with Gasteiger partial charge in [-0.15, -0.1) is 0 Å². The molecule has 0 radical (unpaired) electrons. The molecular formula is C25H32BrN3O4. The van der Waals surface area contributed by atoms with Gasteiger partial charge in [-0.25, -0.2) is 0 Å². The van der Waals surface area contributed by atoms with E-state index in [4.69, 9.17) is 4.74 Å². The number of anilines is 1. The molecule has 0 atom stereocenters. The van der Waals surface area contributed by atoms with E-state index in [1.54, 1.807) is 18.2 Å². The van der Waals surface area contributed by atoms with Crippen LogP contribution in [0.25, 0.3) is 0 Å². The molecule has 7 nitrogen and oxygen atoms in total. The smallest absolute Gasteiger partial charge is 0.273 e. The number of hydrazine groups is 1. The fourth-order valence-corrected chi connectivity index (χ4v) is 3.40. The molecule has 8 heteroatoms. The first-order chi connectivity index (χ1) is 15.8. The minimum absolute atomic E-state index is 0.00235. The Morgan fingerprint density at radius 1 is 0.879 bits per heavy atom. The second-order valence-electron chi connectivity index (χ2n) is 7.90. The summed E-state index contributed by atoms with van der Waals surface area (Å²) in [5, 5.41) is 2.77. The van der Waals surface area contributed by atoms with Crippen molar-refractivity contribution >= 4 is 39.3 Å². The number of halogens is 1. The lowest BCUT2D eigenvalue weighted by Crippen LogP contribution is -2.42. The van der Waals surface area contributed by atoms with Gasteiger partial charge in [0.15, 0.2) is 0 Å². The second-order valence-corrected chi connectivity index (χ2v) is 8.81. The Hall–Kier alpha value is -2.87. The van der Waals surface area contributed by atoms with E-state index in [9.17, 15) is 14.4 Å². The molecule has 178 valence electrons. The summed E-state index contributed by atoms with van der Waals surface area (Å²) in [7, 11) is 0. The molecule has 33 heavy (non-hydrogen) atoms. The Bertz CT molecular complexity index is 978. The number of aryl methyl sites for hydroxylation is 2. The molecule has 0 aliphatic carbocycles. The first-order valence-electron chi connectivity index (χ1n) is 11.2. The molecule has 0 saturated carbocycles. The highest BCUT2D eigenvalue weighted by molar-refractivity contribution is 9.10. The summed E-state index contributed by atoms with van der Waals surface area (Å²) in [4.78, 5) is 36.8. The third-order valence-corrected chi connectivity index (χ3v) is 5.62. The second kappa shape index (κ2) is 13.6. The predicted octanol–water partition coefficient (Wildman–Crippen LogP) is 5.20. The number of carbonyl (C=O) groups is 3. The highest BCUT2D eigenvalue weighted by atomic mass is 79.9. The van der Waals surface area contributed by atoms with E-state index < -0.39 is 11.8 Å².